The summed E-state index contributed by atoms with van der Waals surface area (Å²) in [4.78, 5) is 4.76. The molecule has 14 aromatic rings. The van der Waals surface area contributed by atoms with Gasteiger partial charge in [-0.2, -0.15) is 0 Å². The van der Waals surface area contributed by atoms with Gasteiger partial charge in [-0.05, 0) is 187 Å². The molecule has 0 fully saturated rings. The molecule has 15 rings (SSSR count). The lowest BCUT2D eigenvalue weighted by Gasteiger charge is -2.28. The van der Waals surface area contributed by atoms with E-state index >= 15 is 0 Å². The van der Waals surface area contributed by atoms with Gasteiger partial charge in [0.2, 0.25) is 0 Å². The van der Waals surface area contributed by atoms with Gasteiger partial charge in [0.25, 0.3) is 0 Å². The van der Waals surface area contributed by atoms with Crippen molar-refractivity contribution in [2.45, 2.75) is 19.3 Å². The number of benzene rings is 13. The molecule has 1 heterocycles. The largest absolute Gasteiger partial charge is 0.311 e. The summed E-state index contributed by atoms with van der Waals surface area (Å²) in [6, 6.07) is 117. The maximum atomic E-state index is 2.42. The Morgan fingerprint density at radius 2 is 0.536 bits per heavy atom. The number of aromatic nitrogens is 1. The number of fused-ring (bicyclic) bond motifs is 6. The van der Waals surface area contributed by atoms with E-state index < -0.39 is 0 Å². The van der Waals surface area contributed by atoms with Crippen LogP contribution in [-0.4, -0.2) is 4.57 Å². The van der Waals surface area contributed by atoms with Gasteiger partial charge in [-0.15, -0.1) is 0 Å². The van der Waals surface area contributed by atoms with Crippen LogP contribution in [0.25, 0.3) is 94.3 Å². The van der Waals surface area contributed by atoms with Gasteiger partial charge in [0, 0.05) is 56.0 Å². The van der Waals surface area contributed by atoms with Crippen molar-refractivity contribution < 1.29 is 0 Å². The predicted octanol–water partition coefficient (Wildman–Crippen LogP) is 22.4. The van der Waals surface area contributed by atoms with E-state index in [9.17, 15) is 0 Å². The van der Waals surface area contributed by atoms with E-state index in [2.05, 4.69) is 350 Å². The highest BCUT2D eigenvalue weighted by atomic mass is 15.1. The highest BCUT2D eigenvalue weighted by Gasteiger charge is 2.36. The van der Waals surface area contributed by atoms with Crippen LogP contribution in [0.3, 0.4) is 0 Å². The highest BCUT2D eigenvalue weighted by molar-refractivity contribution is 6.12. The third-order valence-electron chi connectivity index (χ3n) is 17.2. The van der Waals surface area contributed by atoms with Gasteiger partial charge in [0.1, 0.15) is 0 Å². The van der Waals surface area contributed by atoms with Crippen LogP contribution in [0.1, 0.15) is 25.0 Å². The van der Waals surface area contributed by atoms with Crippen molar-refractivity contribution in [1.82, 2.24) is 4.57 Å². The number of hydrogen-bond donors (Lipinski definition) is 0. The summed E-state index contributed by atoms with van der Waals surface area (Å²) in [6.07, 6.45) is 0. The predicted molar refractivity (Wildman–Crippen MR) is 355 cm³/mol. The summed E-state index contributed by atoms with van der Waals surface area (Å²) in [5.41, 5.74) is 27.2. The Bertz CT molecular complexity index is 4580. The van der Waals surface area contributed by atoms with Crippen LogP contribution >= 0.6 is 0 Å². The molecule has 1 aromatic heterocycles. The Morgan fingerprint density at radius 3 is 0.940 bits per heavy atom. The second-order valence-electron chi connectivity index (χ2n) is 22.5. The number of rotatable bonds is 12. The highest BCUT2D eigenvalue weighted by Crippen LogP contribution is 2.51. The number of anilines is 6. The molecule has 1 aliphatic rings. The van der Waals surface area contributed by atoms with E-state index in [0.29, 0.717) is 0 Å². The first-order chi connectivity index (χ1) is 41.4. The molecule has 3 nitrogen and oxygen atoms in total. The van der Waals surface area contributed by atoms with Crippen LogP contribution in [0.4, 0.5) is 34.1 Å². The van der Waals surface area contributed by atoms with E-state index in [1.807, 2.05) is 0 Å². The number of hydrogen-bond acceptors (Lipinski definition) is 2. The first-order valence-corrected chi connectivity index (χ1v) is 29.1. The topological polar surface area (TPSA) is 11.4 Å². The van der Waals surface area contributed by atoms with Crippen molar-refractivity contribution in [3.8, 4) is 72.4 Å². The molecule has 0 N–H and O–H groups in total. The van der Waals surface area contributed by atoms with Crippen molar-refractivity contribution in [3.05, 3.63) is 333 Å². The molecule has 84 heavy (non-hydrogen) atoms. The molecule has 3 heteroatoms. The van der Waals surface area contributed by atoms with Gasteiger partial charge >= 0.3 is 0 Å². The van der Waals surface area contributed by atoms with Crippen molar-refractivity contribution in [2.75, 3.05) is 9.80 Å². The van der Waals surface area contributed by atoms with E-state index in [1.165, 1.54) is 83.0 Å². The van der Waals surface area contributed by atoms with E-state index in [1.54, 1.807) is 0 Å². The van der Waals surface area contributed by atoms with Gasteiger partial charge in [0.05, 0.1) is 11.0 Å². The second-order valence-corrected chi connectivity index (χ2v) is 22.5. The van der Waals surface area contributed by atoms with Gasteiger partial charge in [0.15, 0.2) is 0 Å². The zero-order valence-corrected chi connectivity index (χ0v) is 46.9. The lowest BCUT2D eigenvalue weighted by atomic mass is 9.82. The van der Waals surface area contributed by atoms with Gasteiger partial charge in [-0.1, -0.05) is 226 Å². The van der Waals surface area contributed by atoms with Crippen molar-refractivity contribution in [1.29, 1.82) is 0 Å². The molecule has 0 amide bonds. The average molecular weight is 1070 g/mol. The smallest absolute Gasteiger partial charge is 0.0541 e. The fourth-order valence-electron chi connectivity index (χ4n) is 12.9. The zero-order chi connectivity index (χ0) is 56.1. The van der Waals surface area contributed by atoms with Crippen LogP contribution in [0.15, 0.2) is 322 Å². The maximum Gasteiger partial charge on any atom is 0.0541 e. The third-order valence-corrected chi connectivity index (χ3v) is 17.2. The Kier molecular flexibility index (Phi) is 12.5. The van der Waals surface area contributed by atoms with Crippen molar-refractivity contribution in [3.63, 3.8) is 0 Å². The summed E-state index contributed by atoms with van der Waals surface area (Å²) in [7, 11) is 0. The molecule has 1 aliphatic carbocycles. The monoisotopic (exact) mass is 1070 g/mol. The van der Waals surface area contributed by atoms with Gasteiger partial charge in [-0.3, -0.25) is 0 Å². The van der Waals surface area contributed by atoms with E-state index in [0.717, 1.165) is 56.5 Å². The third kappa shape index (κ3) is 9.04. The summed E-state index contributed by atoms with van der Waals surface area (Å²) >= 11 is 0. The average Bonchev–Trinajstić information content (AvgIpc) is 2.01. The molecular formula is C81H59N3. The van der Waals surface area contributed by atoms with Crippen molar-refractivity contribution in [2.24, 2.45) is 0 Å². The number of para-hydroxylation sites is 1. The van der Waals surface area contributed by atoms with E-state index in [4.69, 9.17) is 0 Å². The standard InChI is InChI=1S/C81H59N3/c1-81(2)77-26-16-15-25-73(77)74-50-49-72(55-78(74)81)83(70-43-31-61(32-44-70)58-21-11-5-12-22-58)71-47-35-63(36-48-71)65-38-52-80-76(54-65)75-53-64(37-51-79(75)84(80)66-23-13-6-14-24-66)62-33-45-69(46-34-62)82(67-39-27-59(28-40-67)56-17-7-3-8-18-56)68-41-29-60(30-42-68)57-19-9-4-10-20-57/h3-55H,1-2H3. The second kappa shape index (κ2) is 21.0. The summed E-state index contributed by atoms with van der Waals surface area (Å²) < 4.78 is 2.41. The zero-order valence-electron chi connectivity index (χ0n) is 46.9. The maximum absolute atomic E-state index is 2.42. The Labute approximate surface area is 491 Å². The molecule has 0 saturated carbocycles. The molecule has 0 bridgehead atoms. The fraction of sp³-hybridized carbons (Fsp3) is 0.0370. The molecule has 0 unspecified atom stereocenters. The van der Waals surface area contributed by atoms with Crippen LogP contribution in [0.5, 0.6) is 0 Å². The van der Waals surface area contributed by atoms with Crippen molar-refractivity contribution >= 4 is 55.9 Å². The summed E-state index contributed by atoms with van der Waals surface area (Å²) in [5, 5.41) is 2.42. The van der Waals surface area contributed by atoms with Gasteiger partial charge < -0.3 is 14.4 Å². The minimum Gasteiger partial charge on any atom is -0.311 e. The lowest BCUT2D eigenvalue weighted by Crippen LogP contribution is -2.16. The van der Waals surface area contributed by atoms with Crippen LogP contribution in [0.2, 0.25) is 0 Å². The van der Waals surface area contributed by atoms with Gasteiger partial charge in [-0.25, -0.2) is 0 Å². The first-order valence-electron chi connectivity index (χ1n) is 29.1. The quantitative estimate of drug-likeness (QED) is 0.121. The molecule has 0 spiro atoms. The molecule has 13 aromatic carbocycles. The Balaban J connectivity index is 0.790. The summed E-state index contributed by atoms with van der Waals surface area (Å²) in [5.74, 6) is 0. The number of nitrogens with zero attached hydrogens (tertiary/aromatic N) is 3. The molecule has 0 saturated heterocycles. The Hall–Kier alpha value is -10.7. The van der Waals surface area contributed by atoms with Crippen LogP contribution in [0, 0.1) is 0 Å². The van der Waals surface area contributed by atoms with E-state index in [-0.39, 0.29) is 5.41 Å². The molecule has 0 radical (unpaired) electrons. The normalized spacial score (nSPS) is 12.3. The minimum atomic E-state index is -0.126. The molecule has 0 atom stereocenters. The molecule has 0 aliphatic heterocycles. The SMILES string of the molecule is CC1(C)c2ccccc2-c2ccc(N(c3ccc(-c4ccccc4)cc3)c3ccc(-c4ccc5c(c4)c4cc(-c6ccc(N(c7ccc(-c8ccccc8)cc7)c7ccc(-c8ccccc8)cc7)cc6)ccc4n5-c4ccccc4)cc3)cc21. The summed E-state index contributed by atoms with van der Waals surface area (Å²) in [6.45, 7) is 4.71. The Morgan fingerprint density at radius 1 is 0.238 bits per heavy atom. The minimum absolute atomic E-state index is 0.126. The molecule has 398 valence electrons. The fourth-order valence-corrected chi connectivity index (χ4v) is 12.9. The van der Waals surface area contributed by atoms with Crippen LogP contribution in [-0.2, 0) is 5.41 Å². The first kappa shape index (κ1) is 50.2. The molecular weight excluding hydrogens is 1010 g/mol. The lowest BCUT2D eigenvalue weighted by molar-refractivity contribution is 0.660. The van der Waals surface area contributed by atoms with Crippen LogP contribution < -0.4 is 9.80 Å².